The van der Waals surface area contributed by atoms with Crippen molar-refractivity contribution in [3.05, 3.63) is 87.3 Å². The van der Waals surface area contributed by atoms with E-state index in [1.807, 2.05) is 13.8 Å². The summed E-state index contributed by atoms with van der Waals surface area (Å²) in [6, 6.07) is 15.5. The minimum Gasteiger partial charge on any atom is -0.508 e. The van der Waals surface area contributed by atoms with Crippen LogP contribution in [-0.2, 0) is 22.5 Å². The standard InChI is InChI=1S/C27H31NO6/c1-17(2)34-22-11-7-20(8-12-22)23(16-25(31)33-4)26-24(30)15-18(3)28(27(26)32)14-13-19-5-9-21(29)10-6-19/h5-12,15,17,23,29-30H,13-14,16H2,1-4H3/t23-/m1/s1. The van der Waals surface area contributed by atoms with Gasteiger partial charge in [-0.15, -0.1) is 0 Å². The van der Waals surface area contributed by atoms with E-state index in [0.29, 0.717) is 30.0 Å². The highest BCUT2D eigenvalue weighted by Crippen LogP contribution is 2.33. The van der Waals surface area contributed by atoms with Gasteiger partial charge in [-0.05, 0) is 68.7 Å². The van der Waals surface area contributed by atoms with Crippen LogP contribution in [0.4, 0.5) is 0 Å². The summed E-state index contributed by atoms with van der Waals surface area (Å²) >= 11 is 0. The van der Waals surface area contributed by atoms with E-state index in [0.717, 1.165) is 5.56 Å². The van der Waals surface area contributed by atoms with Crippen molar-refractivity contribution in [2.45, 2.75) is 52.2 Å². The summed E-state index contributed by atoms with van der Waals surface area (Å²) in [5.74, 6) is -0.467. The number of hydrogen-bond donors (Lipinski definition) is 2. The van der Waals surface area contributed by atoms with Crippen LogP contribution in [0.2, 0.25) is 0 Å². The van der Waals surface area contributed by atoms with Gasteiger partial charge in [0, 0.05) is 18.2 Å². The summed E-state index contributed by atoms with van der Waals surface area (Å²) in [5.41, 5.74) is 2.07. The Bertz CT molecular complexity index is 1180. The summed E-state index contributed by atoms with van der Waals surface area (Å²) in [6.45, 7) is 6.00. The summed E-state index contributed by atoms with van der Waals surface area (Å²) < 4.78 is 12.2. The summed E-state index contributed by atoms with van der Waals surface area (Å²) in [4.78, 5) is 25.8. The Balaban J connectivity index is 2.00. The lowest BCUT2D eigenvalue weighted by molar-refractivity contribution is -0.140. The van der Waals surface area contributed by atoms with Gasteiger partial charge in [0.2, 0.25) is 0 Å². The zero-order valence-corrected chi connectivity index (χ0v) is 19.9. The van der Waals surface area contributed by atoms with Crippen LogP contribution in [0.1, 0.15) is 48.6 Å². The van der Waals surface area contributed by atoms with Gasteiger partial charge in [-0.25, -0.2) is 0 Å². The normalized spacial score (nSPS) is 11.9. The molecular formula is C27H31NO6. The van der Waals surface area contributed by atoms with Gasteiger partial charge in [-0.3, -0.25) is 9.59 Å². The second-order valence-electron chi connectivity index (χ2n) is 8.53. The zero-order valence-electron chi connectivity index (χ0n) is 19.9. The molecule has 0 fully saturated rings. The van der Waals surface area contributed by atoms with E-state index < -0.39 is 11.9 Å². The van der Waals surface area contributed by atoms with Gasteiger partial charge in [-0.2, -0.15) is 0 Å². The molecule has 180 valence electrons. The van der Waals surface area contributed by atoms with Crippen LogP contribution in [-0.4, -0.2) is 34.0 Å². The molecule has 1 aromatic heterocycles. The molecule has 7 nitrogen and oxygen atoms in total. The van der Waals surface area contributed by atoms with Crippen molar-refractivity contribution in [2.24, 2.45) is 0 Å². The zero-order chi connectivity index (χ0) is 24.8. The van der Waals surface area contributed by atoms with Crippen molar-refractivity contribution >= 4 is 5.97 Å². The molecule has 0 saturated heterocycles. The van der Waals surface area contributed by atoms with Crippen molar-refractivity contribution in [3.8, 4) is 17.2 Å². The number of carbonyl (C=O) groups excluding carboxylic acids is 1. The minimum absolute atomic E-state index is 0.0126. The van der Waals surface area contributed by atoms with Gasteiger partial charge in [0.1, 0.15) is 17.2 Å². The van der Waals surface area contributed by atoms with E-state index in [4.69, 9.17) is 9.47 Å². The molecular weight excluding hydrogens is 434 g/mol. The Labute approximate surface area is 199 Å². The third kappa shape index (κ3) is 5.98. The number of ether oxygens (including phenoxy) is 2. The smallest absolute Gasteiger partial charge is 0.306 e. The maximum Gasteiger partial charge on any atom is 0.306 e. The molecule has 1 atom stereocenters. The number of esters is 1. The van der Waals surface area contributed by atoms with E-state index in [1.165, 1.54) is 7.11 Å². The molecule has 2 N–H and O–H groups in total. The van der Waals surface area contributed by atoms with E-state index in [-0.39, 0.29) is 35.1 Å². The number of pyridine rings is 1. The highest BCUT2D eigenvalue weighted by molar-refractivity contribution is 5.71. The number of hydrogen-bond acceptors (Lipinski definition) is 6. The van der Waals surface area contributed by atoms with Crippen LogP contribution in [0.3, 0.4) is 0 Å². The average molecular weight is 466 g/mol. The number of aryl methyl sites for hydroxylation is 2. The Morgan fingerprint density at radius 3 is 2.26 bits per heavy atom. The van der Waals surface area contributed by atoms with Crippen LogP contribution in [0.15, 0.2) is 59.4 Å². The predicted octanol–water partition coefficient (Wildman–Crippen LogP) is 4.29. The molecule has 3 aromatic rings. The number of benzene rings is 2. The molecule has 2 aromatic carbocycles. The first-order valence-corrected chi connectivity index (χ1v) is 11.2. The van der Waals surface area contributed by atoms with E-state index in [2.05, 4.69) is 0 Å². The fraction of sp³-hybridized carbons (Fsp3) is 0.333. The van der Waals surface area contributed by atoms with Gasteiger partial charge in [0.05, 0.1) is 25.2 Å². The Hall–Kier alpha value is -3.74. The lowest BCUT2D eigenvalue weighted by atomic mass is 9.88. The number of carbonyl (C=O) groups is 1. The number of phenolic OH excluding ortho intramolecular Hbond substituents is 1. The quantitative estimate of drug-likeness (QED) is 0.458. The van der Waals surface area contributed by atoms with Gasteiger partial charge in [-0.1, -0.05) is 24.3 Å². The fourth-order valence-corrected chi connectivity index (χ4v) is 3.97. The van der Waals surface area contributed by atoms with Crippen molar-refractivity contribution in [3.63, 3.8) is 0 Å². The molecule has 0 amide bonds. The second kappa shape index (κ2) is 10.9. The van der Waals surface area contributed by atoms with Crippen molar-refractivity contribution in [1.29, 1.82) is 0 Å². The molecule has 0 aliphatic rings. The Morgan fingerprint density at radius 2 is 1.68 bits per heavy atom. The van der Waals surface area contributed by atoms with Crippen LogP contribution >= 0.6 is 0 Å². The molecule has 3 rings (SSSR count). The fourth-order valence-electron chi connectivity index (χ4n) is 3.97. The molecule has 0 radical (unpaired) electrons. The van der Waals surface area contributed by atoms with Crippen LogP contribution in [0.5, 0.6) is 17.2 Å². The first kappa shape index (κ1) is 24.9. The molecule has 0 aliphatic heterocycles. The first-order valence-electron chi connectivity index (χ1n) is 11.2. The van der Waals surface area contributed by atoms with Crippen LogP contribution < -0.4 is 10.3 Å². The first-order chi connectivity index (χ1) is 16.2. The Morgan fingerprint density at radius 1 is 1.03 bits per heavy atom. The number of aromatic nitrogens is 1. The summed E-state index contributed by atoms with van der Waals surface area (Å²) in [5, 5.41) is 20.3. The SMILES string of the molecule is COC(=O)C[C@H](c1ccc(OC(C)C)cc1)c1c(O)cc(C)n(CCc2ccc(O)cc2)c1=O. The van der Waals surface area contributed by atoms with E-state index in [9.17, 15) is 19.8 Å². The van der Waals surface area contributed by atoms with Crippen molar-refractivity contribution in [2.75, 3.05) is 7.11 Å². The number of methoxy groups -OCH3 is 1. The number of aromatic hydroxyl groups is 2. The number of rotatable bonds is 9. The molecule has 0 saturated carbocycles. The Kier molecular flexibility index (Phi) is 7.99. The minimum atomic E-state index is -0.687. The topological polar surface area (TPSA) is 98.0 Å². The van der Waals surface area contributed by atoms with Gasteiger partial charge in [0.15, 0.2) is 0 Å². The lowest BCUT2D eigenvalue weighted by Gasteiger charge is -2.21. The monoisotopic (exact) mass is 465 g/mol. The predicted molar refractivity (Wildman–Crippen MR) is 130 cm³/mol. The molecule has 0 unspecified atom stereocenters. The van der Waals surface area contributed by atoms with E-state index in [1.54, 1.807) is 66.1 Å². The summed E-state index contributed by atoms with van der Waals surface area (Å²) in [7, 11) is 1.30. The maximum absolute atomic E-state index is 13.6. The van der Waals surface area contributed by atoms with Gasteiger partial charge < -0.3 is 24.3 Å². The van der Waals surface area contributed by atoms with Crippen LogP contribution in [0, 0.1) is 6.92 Å². The third-order valence-corrected chi connectivity index (χ3v) is 5.68. The van der Waals surface area contributed by atoms with Crippen molar-refractivity contribution < 1.29 is 24.5 Å². The second-order valence-corrected chi connectivity index (χ2v) is 8.53. The van der Waals surface area contributed by atoms with Crippen molar-refractivity contribution in [1.82, 2.24) is 4.57 Å². The molecule has 34 heavy (non-hydrogen) atoms. The van der Waals surface area contributed by atoms with Crippen LogP contribution in [0.25, 0.3) is 0 Å². The molecule has 7 heteroatoms. The molecule has 1 heterocycles. The average Bonchev–Trinajstić information content (AvgIpc) is 2.79. The molecule has 0 aliphatic carbocycles. The third-order valence-electron chi connectivity index (χ3n) is 5.68. The highest BCUT2D eigenvalue weighted by Gasteiger charge is 2.26. The largest absolute Gasteiger partial charge is 0.508 e. The summed E-state index contributed by atoms with van der Waals surface area (Å²) in [6.07, 6.45) is 0.484. The number of phenols is 1. The van der Waals surface area contributed by atoms with E-state index >= 15 is 0 Å². The molecule has 0 spiro atoms. The van der Waals surface area contributed by atoms with Gasteiger partial charge >= 0.3 is 5.97 Å². The highest BCUT2D eigenvalue weighted by atomic mass is 16.5. The maximum atomic E-state index is 13.6. The van der Waals surface area contributed by atoms with Gasteiger partial charge in [0.25, 0.3) is 5.56 Å². The molecule has 0 bridgehead atoms. The number of nitrogens with zero attached hydrogens (tertiary/aromatic N) is 1. The lowest BCUT2D eigenvalue weighted by Crippen LogP contribution is -2.29.